The number of hydrogen-bond acceptors (Lipinski definition) is 4. The zero-order chi connectivity index (χ0) is 14.8. The third-order valence-corrected chi connectivity index (χ3v) is 4.47. The molecule has 5 heteroatoms. The van der Waals surface area contributed by atoms with E-state index in [0.717, 1.165) is 17.7 Å². The van der Waals surface area contributed by atoms with E-state index in [1.54, 1.807) is 24.3 Å². The summed E-state index contributed by atoms with van der Waals surface area (Å²) in [6.45, 7) is 1.86. The molecule has 108 valence electrons. The molecule has 3 rings (SSSR count). The Morgan fingerprint density at radius 2 is 2.10 bits per heavy atom. The summed E-state index contributed by atoms with van der Waals surface area (Å²) in [6, 6.07) is 10.0. The Hall–Kier alpha value is -2.01. The normalized spacial score (nSPS) is 21.1. The van der Waals surface area contributed by atoms with Gasteiger partial charge in [-0.15, -0.1) is 11.3 Å². The highest BCUT2D eigenvalue weighted by molar-refractivity contribution is 7.11. The number of oxime groups is 1. The molecule has 1 aromatic heterocycles. The lowest BCUT2D eigenvalue weighted by Crippen LogP contribution is -2.03. The lowest BCUT2D eigenvalue weighted by Gasteiger charge is -2.01. The number of hydrogen-bond donors (Lipinski definition) is 0. The highest BCUT2D eigenvalue weighted by atomic mass is 32.1. The minimum atomic E-state index is -0.427. The lowest BCUT2D eigenvalue weighted by molar-refractivity contribution is 0.0520. The molecule has 21 heavy (non-hydrogen) atoms. The van der Waals surface area contributed by atoms with Crippen molar-refractivity contribution in [2.24, 2.45) is 11.1 Å². The van der Waals surface area contributed by atoms with Gasteiger partial charge in [-0.05, 0) is 48.4 Å². The molecular formula is C16H14FNO2S. The van der Waals surface area contributed by atoms with Crippen LogP contribution in [-0.4, -0.2) is 11.7 Å². The van der Waals surface area contributed by atoms with E-state index in [-0.39, 0.29) is 11.7 Å². The van der Waals surface area contributed by atoms with Crippen molar-refractivity contribution in [3.8, 4) is 0 Å². The van der Waals surface area contributed by atoms with Gasteiger partial charge in [0.15, 0.2) is 0 Å². The van der Waals surface area contributed by atoms with E-state index in [4.69, 9.17) is 4.84 Å². The van der Waals surface area contributed by atoms with Crippen molar-refractivity contribution in [3.63, 3.8) is 0 Å². The number of rotatable bonds is 4. The molecule has 0 amide bonds. The molecule has 0 aliphatic heterocycles. The van der Waals surface area contributed by atoms with E-state index in [0.29, 0.717) is 10.8 Å². The molecule has 0 bridgehead atoms. The van der Waals surface area contributed by atoms with Crippen LogP contribution in [0.3, 0.4) is 0 Å². The quantitative estimate of drug-likeness (QED) is 0.482. The molecule has 0 saturated heterocycles. The maximum Gasteiger partial charge on any atom is 0.375 e. The van der Waals surface area contributed by atoms with Gasteiger partial charge in [-0.3, -0.25) is 0 Å². The fourth-order valence-electron chi connectivity index (χ4n) is 2.36. The zero-order valence-corrected chi connectivity index (χ0v) is 12.3. The van der Waals surface area contributed by atoms with Gasteiger partial charge in [-0.25, -0.2) is 9.18 Å². The SMILES string of the molecule is C/C(=N/OC(=O)c1cccs1)[C@H]1C[C@@H]1c1ccc(F)cc1. The molecule has 0 N–H and O–H groups in total. The molecule has 3 nitrogen and oxygen atoms in total. The van der Waals surface area contributed by atoms with E-state index in [9.17, 15) is 9.18 Å². The van der Waals surface area contributed by atoms with Crippen LogP contribution in [0.2, 0.25) is 0 Å². The van der Waals surface area contributed by atoms with Crippen LogP contribution in [0.25, 0.3) is 0 Å². The fraction of sp³-hybridized carbons (Fsp3) is 0.250. The first-order chi connectivity index (χ1) is 10.1. The third kappa shape index (κ3) is 3.19. The summed E-state index contributed by atoms with van der Waals surface area (Å²) >= 11 is 1.33. The van der Waals surface area contributed by atoms with Gasteiger partial charge in [0.05, 0.1) is 5.71 Å². The van der Waals surface area contributed by atoms with E-state index < -0.39 is 5.97 Å². The second-order valence-corrected chi connectivity index (χ2v) is 6.04. The Morgan fingerprint density at radius 1 is 1.33 bits per heavy atom. The van der Waals surface area contributed by atoms with Crippen LogP contribution in [0.5, 0.6) is 0 Å². The van der Waals surface area contributed by atoms with Crippen LogP contribution in [0.4, 0.5) is 4.39 Å². The molecule has 1 saturated carbocycles. The Morgan fingerprint density at radius 3 is 2.76 bits per heavy atom. The van der Waals surface area contributed by atoms with E-state index in [2.05, 4.69) is 5.16 Å². The van der Waals surface area contributed by atoms with Crippen molar-refractivity contribution in [3.05, 3.63) is 58.0 Å². The number of thiophene rings is 1. The maximum absolute atomic E-state index is 12.9. The smallest absolute Gasteiger partial charge is 0.312 e. The van der Waals surface area contributed by atoms with Crippen molar-refractivity contribution < 1.29 is 14.0 Å². The second kappa shape index (κ2) is 5.77. The topological polar surface area (TPSA) is 38.7 Å². The van der Waals surface area contributed by atoms with Gasteiger partial charge in [-0.2, -0.15) is 0 Å². The first-order valence-electron chi connectivity index (χ1n) is 6.70. The molecule has 1 aliphatic rings. The van der Waals surface area contributed by atoms with Gasteiger partial charge < -0.3 is 4.84 Å². The average Bonchev–Trinajstić information content (AvgIpc) is 3.09. The summed E-state index contributed by atoms with van der Waals surface area (Å²) in [7, 11) is 0. The molecule has 1 fully saturated rings. The van der Waals surface area contributed by atoms with E-state index in [1.165, 1.54) is 23.5 Å². The number of benzene rings is 1. The molecule has 0 spiro atoms. The van der Waals surface area contributed by atoms with Crippen LogP contribution in [0.1, 0.15) is 34.5 Å². The Balaban J connectivity index is 1.59. The van der Waals surface area contributed by atoms with Crippen LogP contribution >= 0.6 is 11.3 Å². The fourth-order valence-corrected chi connectivity index (χ4v) is 2.95. The monoisotopic (exact) mass is 303 g/mol. The van der Waals surface area contributed by atoms with Crippen molar-refractivity contribution in [1.29, 1.82) is 0 Å². The molecule has 0 radical (unpaired) electrons. The number of carbonyl (C=O) groups excluding carboxylic acids is 1. The van der Waals surface area contributed by atoms with Gasteiger partial charge >= 0.3 is 5.97 Å². The zero-order valence-electron chi connectivity index (χ0n) is 11.5. The Kier molecular flexibility index (Phi) is 3.84. The van der Waals surface area contributed by atoms with Crippen molar-refractivity contribution in [2.45, 2.75) is 19.3 Å². The average molecular weight is 303 g/mol. The largest absolute Gasteiger partial charge is 0.375 e. The second-order valence-electron chi connectivity index (χ2n) is 5.09. The van der Waals surface area contributed by atoms with E-state index >= 15 is 0 Å². The van der Waals surface area contributed by atoms with E-state index in [1.807, 2.05) is 12.3 Å². The van der Waals surface area contributed by atoms with Gasteiger partial charge in [0.1, 0.15) is 10.7 Å². The number of halogens is 1. The van der Waals surface area contributed by atoms with Gasteiger partial charge in [-0.1, -0.05) is 23.4 Å². The first-order valence-corrected chi connectivity index (χ1v) is 7.58. The summed E-state index contributed by atoms with van der Waals surface area (Å²) in [5.41, 5.74) is 1.90. The van der Waals surface area contributed by atoms with Crippen LogP contribution < -0.4 is 0 Å². The van der Waals surface area contributed by atoms with Gasteiger partial charge in [0.25, 0.3) is 0 Å². The van der Waals surface area contributed by atoms with Crippen molar-refractivity contribution >= 4 is 23.0 Å². The molecule has 1 aromatic carbocycles. The highest BCUT2D eigenvalue weighted by Gasteiger charge is 2.40. The number of nitrogens with zero attached hydrogens (tertiary/aromatic N) is 1. The maximum atomic E-state index is 12.9. The predicted octanol–water partition coefficient (Wildman–Crippen LogP) is 4.22. The molecule has 1 aliphatic carbocycles. The van der Waals surface area contributed by atoms with Crippen LogP contribution in [-0.2, 0) is 4.84 Å². The predicted molar refractivity (Wildman–Crippen MR) is 80.1 cm³/mol. The van der Waals surface area contributed by atoms with Crippen molar-refractivity contribution in [2.75, 3.05) is 0 Å². The summed E-state index contributed by atoms with van der Waals surface area (Å²) in [4.78, 5) is 17.2. The summed E-state index contributed by atoms with van der Waals surface area (Å²) in [5.74, 6) is -0.0454. The first kappa shape index (κ1) is 13.9. The Labute approximate surface area is 126 Å². The van der Waals surface area contributed by atoms with Crippen LogP contribution in [0, 0.1) is 11.7 Å². The molecule has 2 atom stereocenters. The summed E-state index contributed by atoms with van der Waals surface area (Å²) in [6.07, 6.45) is 0.956. The summed E-state index contributed by atoms with van der Waals surface area (Å²) < 4.78 is 12.9. The molecule has 2 aromatic rings. The number of carbonyl (C=O) groups is 1. The lowest BCUT2D eigenvalue weighted by atomic mass is 10.1. The molecule has 0 unspecified atom stereocenters. The Bertz CT molecular complexity index is 664. The molecule has 1 heterocycles. The minimum Gasteiger partial charge on any atom is -0.312 e. The standard InChI is InChI=1S/C16H14FNO2S/c1-10(18-20-16(19)15-3-2-8-21-15)13-9-14(13)11-4-6-12(17)7-5-11/h2-8,13-14H,9H2,1H3/b18-10-/t13-,14-/m1/s1. The third-order valence-electron chi connectivity index (χ3n) is 3.62. The molecular weight excluding hydrogens is 289 g/mol. The summed E-state index contributed by atoms with van der Waals surface area (Å²) in [5, 5.41) is 5.75. The minimum absolute atomic E-state index is 0.230. The van der Waals surface area contributed by atoms with Gasteiger partial charge in [0.2, 0.25) is 0 Å². The van der Waals surface area contributed by atoms with Gasteiger partial charge in [0, 0.05) is 5.92 Å². The van der Waals surface area contributed by atoms with Crippen molar-refractivity contribution in [1.82, 2.24) is 0 Å². The van der Waals surface area contributed by atoms with Crippen LogP contribution in [0.15, 0.2) is 46.9 Å². The highest BCUT2D eigenvalue weighted by Crippen LogP contribution is 2.48.